The number of piperidine rings is 1. The van der Waals surface area contributed by atoms with E-state index in [0.717, 1.165) is 16.6 Å². The number of nitrogens with zero attached hydrogens (tertiary/aromatic N) is 8. The maximum absolute atomic E-state index is 12.8. The molecule has 2 N–H and O–H groups in total. The van der Waals surface area contributed by atoms with Gasteiger partial charge in [-0.2, -0.15) is 5.26 Å². The minimum Gasteiger partial charge on any atom is -0.393 e. The number of benzene rings is 1. The molecular formula is C29H37N9O2. The molecule has 0 aliphatic carbocycles. The summed E-state index contributed by atoms with van der Waals surface area (Å²) in [6, 6.07) is 9.69. The lowest BCUT2D eigenvalue weighted by molar-refractivity contribution is 0.0541. The molecule has 3 aromatic rings. The summed E-state index contributed by atoms with van der Waals surface area (Å²) in [6.07, 6.45) is 7.84. The van der Waals surface area contributed by atoms with Crippen LogP contribution in [0.4, 0.5) is 11.5 Å². The molecule has 0 radical (unpaired) electrons. The SMILES string of the molecule is C.CC(C)[C@@H]1CN(c2cnc(C(=O)N3CCC(O)CC3)cn2)CCN1C(=Nc1cccc2ncccc12)NC#N. The highest BCUT2D eigenvalue weighted by atomic mass is 16.3. The van der Waals surface area contributed by atoms with Crippen LogP contribution in [0.1, 0.15) is 44.6 Å². The summed E-state index contributed by atoms with van der Waals surface area (Å²) in [5, 5.41) is 23.0. The minimum absolute atomic E-state index is 0. The second-order valence-corrected chi connectivity index (χ2v) is 10.3. The van der Waals surface area contributed by atoms with E-state index < -0.39 is 0 Å². The molecule has 2 aliphatic heterocycles. The zero-order valence-corrected chi connectivity index (χ0v) is 22.2. The summed E-state index contributed by atoms with van der Waals surface area (Å²) in [5.41, 5.74) is 1.91. The van der Waals surface area contributed by atoms with Gasteiger partial charge >= 0.3 is 0 Å². The monoisotopic (exact) mass is 543 g/mol. The molecule has 2 aromatic heterocycles. The van der Waals surface area contributed by atoms with Gasteiger partial charge in [-0.1, -0.05) is 27.3 Å². The quantitative estimate of drug-likeness (QED) is 0.220. The Balaban J connectivity index is 0.00000370. The van der Waals surface area contributed by atoms with E-state index in [2.05, 4.69) is 50.1 Å². The van der Waals surface area contributed by atoms with Crippen molar-refractivity contribution in [1.82, 2.24) is 30.1 Å². The molecule has 40 heavy (non-hydrogen) atoms. The third-order valence-corrected chi connectivity index (χ3v) is 7.41. The Labute approximate surface area is 235 Å². The Kier molecular flexibility index (Phi) is 9.11. The van der Waals surface area contributed by atoms with Gasteiger partial charge in [-0.25, -0.2) is 15.0 Å². The van der Waals surface area contributed by atoms with Crippen molar-refractivity contribution >= 4 is 34.3 Å². The maximum atomic E-state index is 12.8. The van der Waals surface area contributed by atoms with E-state index in [1.807, 2.05) is 30.3 Å². The molecule has 2 fully saturated rings. The molecule has 2 saturated heterocycles. The molecule has 1 aromatic carbocycles. The molecule has 4 heterocycles. The number of likely N-dealkylation sites (tertiary alicyclic amines) is 1. The van der Waals surface area contributed by atoms with Crippen LogP contribution in [0.3, 0.4) is 0 Å². The lowest BCUT2D eigenvalue weighted by atomic mass is 10.00. The highest BCUT2D eigenvalue weighted by Crippen LogP contribution is 2.27. The molecule has 11 nitrogen and oxygen atoms in total. The van der Waals surface area contributed by atoms with Gasteiger partial charge in [0, 0.05) is 44.3 Å². The molecule has 1 atom stereocenters. The normalized spacial score (nSPS) is 18.4. The highest BCUT2D eigenvalue weighted by Gasteiger charge is 2.33. The number of hydrogen-bond donors (Lipinski definition) is 2. The summed E-state index contributed by atoms with van der Waals surface area (Å²) in [4.78, 5) is 37.1. The Morgan fingerprint density at radius 3 is 2.60 bits per heavy atom. The molecule has 0 saturated carbocycles. The van der Waals surface area contributed by atoms with E-state index >= 15 is 0 Å². The first kappa shape index (κ1) is 28.7. The van der Waals surface area contributed by atoms with E-state index in [1.54, 1.807) is 17.3 Å². The van der Waals surface area contributed by atoms with Crippen molar-refractivity contribution in [1.29, 1.82) is 5.26 Å². The standard InChI is InChI=1S/C28H33N9O2.CH4/c1-19(2)25-17-36(26-16-31-24(15-32-26)27(39)35-11-8-20(38)9-12-35)13-14-37(25)28(33-18-29)34-23-7-3-6-22-21(23)5-4-10-30-22;/h3-7,10,15-16,19-20,25,38H,8-9,11-14,17H2,1-2H3,(H,33,34);1H4/t25-;/m0./s1. The average molecular weight is 544 g/mol. The first-order valence-corrected chi connectivity index (χ1v) is 13.3. The fourth-order valence-corrected chi connectivity index (χ4v) is 5.19. The lowest BCUT2D eigenvalue weighted by Crippen LogP contribution is -2.59. The minimum atomic E-state index is -0.340. The molecule has 5 rings (SSSR count). The number of nitrogens with one attached hydrogen (secondary N) is 1. The maximum Gasteiger partial charge on any atom is 0.274 e. The number of hydrogen-bond acceptors (Lipinski definition) is 8. The van der Waals surface area contributed by atoms with Crippen LogP contribution in [-0.2, 0) is 0 Å². The zero-order valence-electron chi connectivity index (χ0n) is 22.2. The van der Waals surface area contributed by atoms with Gasteiger partial charge in [-0.3, -0.25) is 15.1 Å². The average Bonchev–Trinajstić information content (AvgIpc) is 2.97. The van der Waals surface area contributed by atoms with E-state index in [-0.39, 0.29) is 31.4 Å². The predicted molar refractivity (Wildman–Crippen MR) is 155 cm³/mol. The van der Waals surface area contributed by atoms with Crippen LogP contribution in [0, 0.1) is 17.4 Å². The third-order valence-electron chi connectivity index (χ3n) is 7.41. The van der Waals surface area contributed by atoms with Crippen LogP contribution < -0.4 is 10.2 Å². The van der Waals surface area contributed by atoms with Crippen molar-refractivity contribution in [2.45, 2.75) is 46.3 Å². The highest BCUT2D eigenvalue weighted by molar-refractivity contribution is 5.94. The second kappa shape index (κ2) is 12.7. The lowest BCUT2D eigenvalue weighted by Gasteiger charge is -2.44. The number of rotatable bonds is 4. The molecule has 0 unspecified atom stereocenters. The smallest absolute Gasteiger partial charge is 0.274 e. The molecule has 210 valence electrons. The van der Waals surface area contributed by atoms with Crippen LogP contribution in [0.15, 0.2) is 53.9 Å². The van der Waals surface area contributed by atoms with Crippen molar-refractivity contribution in [3.63, 3.8) is 0 Å². The Bertz CT molecular complexity index is 1370. The number of guanidine groups is 1. The van der Waals surface area contributed by atoms with Crippen molar-refractivity contribution < 1.29 is 9.90 Å². The van der Waals surface area contributed by atoms with Crippen molar-refractivity contribution in [3.05, 3.63) is 54.6 Å². The Morgan fingerprint density at radius 1 is 1.10 bits per heavy atom. The van der Waals surface area contributed by atoms with Crippen molar-refractivity contribution in [2.75, 3.05) is 37.6 Å². The fraction of sp³-hybridized carbons (Fsp3) is 0.448. The Hall–Kier alpha value is -4.30. The summed E-state index contributed by atoms with van der Waals surface area (Å²) in [7, 11) is 0. The number of aliphatic hydroxyl groups is 1. The van der Waals surface area contributed by atoms with Gasteiger partial charge in [0.15, 0.2) is 6.19 Å². The van der Waals surface area contributed by atoms with E-state index in [4.69, 9.17) is 4.99 Å². The molecule has 0 spiro atoms. The molecule has 2 aliphatic rings. The number of carbonyl (C=O) groups excluding carboxylic acids is 1. The van der Waals surface area contributed by atoms with Gasteiger partial charge in [0.1, 0.15) is 11.5 Å². The zero-order chi connectivity index (χ0) is 27.4. The van der Waals surface area contributed by atoms with Crippen LogP contribution in [-0.4, -0.2) is 86.6 Å². The van der Waals surface area contributed by atoms with Crippen LogP contribution in [0.2, 0.25) is 0 Å². The van der Waals surface area contributed by atoms with E-state index in [9.17, 15) is 15.2 Å². The summed E-state index contributed by atoms with van der Waals surface area (Å²) in [5.74, 6) is 1.32. The van der Waals surface area contributed by atoms with Crippen molar-refractivity contribution in [3.8, 4) is 6.19 Å². The number of aliphatic hydroxyl groups excluding tert-OH is 1. The largest absolute Gasteiger partial charge is 0.393 e. The summed E-state index contributed by atoms with van der Waals surface area (Å²) >= 11 is 0. The number of aliphatic imine (C=N–C) groups is 1. The molecule has 11 heteroatoms. The number of nitriles is 1. The number of amides is 1. The third kappa shape index (κ3) is 6.13. The summed E-state index contributed by atoms with van der Waals surface area (Å²) < 4.78 is 0. The number of aromatic nitrogens is 3. The van der Waals surface area contributed by atoms with E-state index in [0.29, 0.717) is 63.0 Å². The van der Waals surface area contributed by atoms with Crippen LogP contribution >= 0.6 is 0 Å². The van der Waals surface area contributed by atoms with Gasteiger partial charge in [0.05, 0.1) is 35.7 Å². The predicted octanol–water partition coefficient (Wildman–Crippen LogP) is 3.16. The number of carbonyl (C=O) groups is 1. The number of fused-ring (bicyclic) bond motifs is 1. The number of piperazine rings is 1. The van der Waals surface area contributed by atoms with Gasteiger partial charge in [0.25, 0.3) is 5.91 Å². The first-order valence-electron chi connectivity index (χ1n) is 13.3. The van der Waals surface area contributed by atoms with Gasteiger partial charge < -0.3 is 19.8 Å². The Morgan fingerprint density at radius 2 is 1.90 bits per heavy atom. The molecular weight excluding hydrogens is 506 g/mol. The van der Waals surface area contributed by atoms with Gasteiger partial charge in [-0.15, -0.1) is 0 Å². The molecule has 0 bridgehead atoms. The van der Waals surface area contributed by atoms with Crippen molar-refractivity contribution in [2.24, 2.45) is 10.9 Å². The second-order valence-electron chi connectivity index (χ2n) is 10.3. The van der Waals surface area contributed by atoms with Crippen LogP contribution in [0.5, 0.6) is 0 Å². The van der Waals surface area contributed by atoms with Gasteiger partial charge in [0.2, 0.25) is 5.96 Å². The topological polar surface area (TPSA) is 134 Å². The molecule has 1 amide bonds. The fourth-order valence-electron chi connectivity index (χ4n) is 5.19. The van der Waals surface area contributed by atoms with Gasteiger partial charge in [-0.05, 0) is 43.0 Å². The number of pyridine rings is 1. The first-order chi connectivity index (χ1) is 18.9. The van der Waals surface area contributed by atoms with E-state index in [1.165, 1.54) is 6.20 Å². The number of anilines is 1. The van der Waals surface area contributed by atoms with Crippen LogP contribution in [0.25, 0.3) is 10.9 Å². The summed E-state index contributed by atoms with van der Waals surface area (Å²) in [6.45, 7) is 7.28.